The van der Waals surface area contributed by atoms with Crippen LogP contribution in [-0.2, 0) is 10.0 Å². The van der Waals surface area contributed by atoms with Crippen LogP contribution >= 0.6 is 12.4 Å². The maximum Gasteiger partial charge on any atom is 0.261 e. The van der Waals surface area contributed by atoms with E-state index >= 15 is 0 Å². The number of anilines is 1. The lowest BCUT2D eigenvalue weighted by atomic mass is 10.1. The zero-order valence-electron chi connectivity index (χ0n) is 15.0. The molecule has 0 radical (unpaired) electrons. The molecule has 3 N–H and O–H groups in total. The predicted molar refractivity (Wildman–Crippen MR) is 107 cm³/mol. The first kappa shape index (κ1) is 22.0. The van der Waals surface area contributed by atoms with Crippen molar-refractivity contribution in [2.75, 3.05) is 24.9 Å². The van der Waals surface area contributed by atoms with Crippen LogP contribution in [0.4, 0.5) is 5.69 Å². The number of sulfonamides is 1. The summed E-state index contributed by atoms with van der Waals surface area (Å²) in [6, 6.07) is 11.3. The second kappa shape index (κ2) is 9.56. The van der Waals surface area contributed by atoms with Crippen LogP contribution < -0.4 is 15.4 Å². The highest BCUT2D eigenvalue weighted by atomic mass is 35.5. The molecule has 6 nitrogen and oxygen atoms in total. The Morgan fingerprint density at radius 1 is 1.00 bits per heavy atom. The summed E-state index contributed by atoms with van der Waals surface area (Å²) in [5.41, 5.74) is 2.86. The lowest BCUT2D eigenvalue weighted by Crippen LogP contribution is -2.30. The smallest absolute Gasteiger partial charge is 0.261 e. The number of hydrogen-bond donors (Lipinski definition) is 3. The third kappa shape index (κ3) is 5.45. The lowest BCUT2D eigenvalue weighted by Gasteiger charge is -2.12. The second-order valence-electron chi connectivity index (χ2n) is 5.74. The van der Waals surface area contributed by atoms with Gasteiger partial charge in [-0.2, -0.15) is 0 Å². The predicted octanol–water partition coefficient (Wildman–Crippen LogP) is 2.48. The summed E-state index contributed by atoms with van der Waals surface area (Å²) >= 11 is 0. The van der Waals surface area contributed by atoms with Crippen molar-refractivity contribution < 1.29 is 13.2 Å². The molecule has 142 valence electrons. The molecule has 0 aliphatic rings. The minimum absolute atomic E-state index is 0. The monoisotopic (exact) mass is 397 g/mol. The molecule has 0 saturated heterocycles. The van der Waals surface area contributed by atoms with Gasteiger partial charge >= 0.3 is 0 Å². The molecule has 2 rings (SSSR count). The number of likely N-dealkylation sites (N-methyl/N-ethyl adjacent to an activating group) is 1. The average Bonchev–Trinajstić information content (AvgIpc) is 2.59. The summed E-state index contributed by atoms with van der Waals surface area (Å²) in [5.74, 6) is -0.235. The van der Waals surface area contributed by atoms with Crippen molar-refractivity contribution in [3.05, 3.63) is 59.2 Å². The molecule has 8 heteroatoms. The molecule has 1 amide bonds. The number of benzene rings is 2. The Balaban J connectivity index is 0.00000338. The van der Waals surface area contributed by atoms with Gasteiger partial charge in [-0.1, -0.05) is 12.1 Å². The fourth-order valence-electron chi connectivity index (χ4n) is 2.25. The van der Waals surface area contributed by atoms with Crippen molar-refractivity contribution in [3.8, 4) is 0 Å². The summed E-state index contributed by atoms with van der Waals surface area (Å²) in [5, 5.41) is 5.68. The molecule has 2 aromatic carbocycles. The summed E-state index contributed by atoms with van der Waals surface area (Å²) in [7, 11) is -1.91. The van der Waals surface area contributed by atoms with Crippen LogP contribution in [0, 0.1) is 13.8 Å². The summed E-state index contributed by atoms with van der Waals surface area (Å²) in [6.45, 7) is 4.96. The van der Waals surface area contributed by atoms with E-state index in [1.165, 1.54) is 24.3 Å². The topological polar surface area (TPSA) is 87.3 Å². The van der Waals surface area contributed by atoms with Gasteiger partial charge in [0.2, 0.25) is 0 Å². The van der Waals surface area contributed by atoms with Gasteiger partial charge in [0, 0.05) is 18.7 Å². The first-order chi connectivity index (χ1) is 11.8. The third-order valence-electron chi connectivity index (χ3n) is 3.94. The van der Waals surface area contributed by atoms with Crippen molar-refractivity contribution in [1.82, 2.24) is 10.6 Å². The molecule has 0 unspecified atom stereocenters. The highest BCUT2D eigenvalue weighted by molar-refractivity contribution is 7.92. The number of amides is 1. The number of hydrogen-bond acceptors (Lipinski definition) is 4. The maximum absolute atomic E-state index is 12.5. The van der Waals surface area contributed by atoms with Gasteiger partial charge in [0.25, 0.3) is 15.9 Å². The van der Waals surface area contributed by atoms with Crippen molar-refractivity contribution in [3.63, 3.8) is 0 Å². The van der Waals surface area contributed by atoms with Crippen molar-refractivity contribution in [2.24, 2.45) is 0 Å². The normalized spacial score (nSPS) is 10.7. The van der Waals surface area contributed by atoms with E-state index in [2.05, 4.69) is 15.4 Å². The van der Waals surface area contributed by atoms with Gasteiger partial charge in [-0.15, -0.1) is 12.4 Å². The van der Waals surface area contributed by atoms with Gasteiger partial charge in [0.05, 0.1) is 10.6 Å². The minimum atomic E-state index is -3.71. The van der Waals surface area contributed by atoms with Gasteiger partial charge in [-0.25, -0.2) is 8.42 Å². The molecular formula is C18H24ClN3O3S. The molecule has 0 bridgehead atoms. The van der Waals surface area contributed by atoms with Gasteiger partial charge in [0.1, 0.15) is 0 Å². The molecule has 0 aliphatic heterocycles. The molecule has 0 atom stereocenters. The zero-order chi connectivity index (χ0) is 18.4. The first-order valence-electron chi connectivity index (χ1n) is 7.97. The first-order valence-corrected chi connectivity index (χ1v) is 9.45. The van der Waals surface area contributed by atoms with Crippen LogP contribution in [0.2, 0.25) is 0 Å². The van der Waals surface area contributed by atoms with Crippen LogP contribution in [0.1, 0.15) is 21.5 Å². The molecule has 2 aromatic rings. The fraction of sp³-hybridized carbons (Fsp3) is 0.278. The Hall–Kier alpha value is -2.09. The molecule has 0 saturated carbocycles. The zero-order valence-corrected chi connectivity index (χ0v) is 16.6. The average molecular weight is 398 g/mol. The molecule has 26 heavy (non-hydrogen) atoms. The van der Waals surface area contributed by atoms with Crippen LogP contribution in [-0.4, -0.2) is 34.5 Å². The van der Waals surface area contributed by atoms with Crippen LogP contribution in [0.15, 0.2) is 47.4 Å². The van der Waals surface area contributed by atoms with Crippen molar-refractivity contribution in [1.29, 1.82) is 0 Å². The minimum Gasteiger partial charge on any atom is -0.351 e. The highest BCUT2D eigenvalue weighted by Gasteiger charge is 2.16. The van der Waals surface area contributed by atoms with Crippen LogP contribution in [0.5, 0.6) is 0 Å². The maximum atomic E-state index is 12.5. The number of rotatable bonds is 7. The van der Waals surface area contributed by atoms with Gasteiger partial charge in [-0.3, -0.25) is 9.52 Å². The Morgan fingerprint density at radius 3 is 2.27 bits per heavy atom. The third-order valence-corrected chi connectivity index (χ3v) is 5.32. The van der Waals surface area contributed by atoms with Crippen molar-refractivity contribution in [2.45, 2.75) is 18.7 Å². The van der Waals surface area contributed by atoms with E-state index in [-0.39, 0.29) is 23.2 Å². The number of carbonyl (C=O) groups excluding carboxylic acids is 1. The molecule has 0 spiro atoms. The SMILES string of the molecule is CNCCNC(=O)c1ccc(S(=O)(=O)Nc2cccc(C)c2C)cc1.Cl. The van der Waals surface area contributed by atoms with E-state index in [0.29, 0.717) is 24.3 Å². The molecule has 0 aromatic heterocycles. The van der Waals surface area contributed by atoms with E-state index in [4.69, 9.17) is 0 Å². The number of aryl methyl sites for hydroxylation is 1. The standard InChI is InChI=1S/C18H23N3O3S.ClH/c1-13-5-4-6-17(14(13)2)21-25(23,24)16-9-7-15(8-10-16)18(22)20-12-11-19-3;/h4-10,19,21H,11-12H2,1-3H3,(H,20,22);1H. The Morgan fingerprint density at radius 2 is 1.65 bits per heavy atom. The molecular weight excluding hydrogens is 374 g/mol. The number of nitrogens with one attached hydrogen (secondary N) is 3. The molecule has 0 fully saturated rings. The molecule has 0 aliphatic carbocycles. The Bertz CT molecular complexity index is 852. The van der Waals surface area contributed by atoms with E-state index in [0.717, 1.165) is 11.1 Å². The fourth-order valence-corrected chi connectivity index (χ4v) is 3.38. The second-order valence-corrected chi connectivity index (χ2v) is 7.42. The van der Waals surface area contributed by atoms with Gasteiger partial charge in [0.15, 0.2) is 0 Å². The van der Waals surface area contributed by atoms with E-state index in [1.807, 2.05) is 19.9 Å². The summed E-state index contributed by atoms with van der Waals surface area (Å²) < 4.78 is 27.7. The highest BCUT2D eigenvalue weighted by Crippen LogP contribution is 2.22. The van der Waals surface area contributed by atoms with E-state index in [1.54, 1.807) is 19.2 Å². The quantitative estimate of drug-likeness (QED) is 0.626. The van der Waals surface area contributed by atoms with E-state index < -0.39 is 10.0 Å². The van der Waals surface area contributed by atoms with Crippen LogP contribution in [0.25, 0.3) is 0 Å². The van der Waals surface area contributed by atoms with Crippen LogP contribution in [0.3, 0.4) is 0 Å². The lowest BCUT2D eigenvalue weighted by molar-refractivity contribution is 0.0954. The Labute approximate surface area is 160 Å². The van der Waals surface area contributed by atoms with Gasteiger partial charge < -0.3 is 10.6 Å². The summed E-state index contributed by atoms with van der Waals surface area (Å²) in [6.07, 6.45) is 0. The van der Waals surface area contributed by atoms with Gasteiger partial charge in [-0.05, 0) is 62.4 Å². The number of carbonyl (C=O) groups is 1. The Kier molecular flexibility index (Phi) is 8.08. The largest absolute Gasteiger partial charge is 0.351 e. The summed E-state index contributed by atoms with van der Waals surface area (Å²) in [4.78, 5) is 12.1. The van der Waals surface area contributed by atoms with Crippen molar-refractivity contribution >= 4 is 34.0 Å². The number of halogens is 1. The van der Waals surface area contributed by atoms with E-state index in [9.17, 15) is 13.2 Å². The molecule has 0 heterocycles.